The molecule has 1 aromatic heterocycles. The van der Waals surface area contributed by atoms with Crippen LogP contribution in [0.15, 0.2) is 53.1 Å². The Morgan fingerprint density at radius 2 is 1.58 bits per heavy atom. The third kappa shape index (κ3) is 6.11. The second-order valence-corrected chi connectivity index (χ2v) is 6.41. The molecule has 0 radical (unpaired) electrons. The lowest BCUT2D eigenvalue weighted by Crippen LogP contribution is -2.35. The first-order valence-corrected chi connectivity index (χ1v) is 9.03. The Labute approximate surface area is 173 Å². The predicted molar refractivity (Wildman–Crippen MR) is 100 cm³/mol. The Balaban J connectivity index is 1.45. The maximum absolute atomic E-state index is 12.8. The minimum atomic E-state index is -4.46. The van der Waals surface area contributed by atoms with E-state index in [2.05, 4.69) is 20.8 Å². The SMILES string of the molecule is O=C(Cc1ccc(F)cc1)NCCNC(=O)c1nc(-c2ccc(C(F)(F)F)cc2)no1. The van der Waals surface area contributed by atoms with Crippen molar-refractivity contribution in [1.82, 2.24) is 20.8 Å². The molecule has 0 atom stereocenters. The van der Waals surface area contributed by atoms with Crippen molar-refractivity contribution in [3.05, 3.63) is 71.4 Å². The molecule has 2 aromatic carbocycles. The number of carbonyl (C=O) groups is 2. The van der Waals surface area contributed by atoms with Crippen molar-refractivity contribution in [1.29, 1.82) is 0 Å². The van der Waals surface area contributed by atoms with E-state index in [0.717, 1.165) is 12.1 Å². The summed E-state index contributed by atoms with van der Waals surface area (Å²) in [4.78, 5) is 27.7. The summed E-state index contributed by atoms with van der Waals surface area (Å²) in [5, 5.41) is 8.65. The maximum Gasteiger partial charge on any atom is 0.416 e. The zero-order valence-corrected chi connectivity index (χ0v) is 15.9. The highest BCUT2D eigenvalue weighted by atomic mass is 19.4. The molecule has 0 aliphatic rings. The highest BCUT2D eigenvalue weighted by molar-refractivity contribution is 5.89. The van der Waals surface area contributed by atoms with E-state index in [0.29, 0.717) is 5.56 Å². The molecular formula is C20H16F4N4O3. The highest BCUT2D eigenvalue weighted by Crippen LogP contribution is 2.30. The van der Waals surface area contributed by atoms with Gasteiger partial charge in [0.2, 0.25) is 11.7 Å². The molecule has 2 amide bonds. The summed E-state index contributed by atoms with van der Waals surface area (Å²) in [5.41, 5.74) is 0.0765. The molecule has 0 fully saturated rings. The maximum atomic E-state index is 12.8. The lowest BCUT2D eigenvalue weighted by atomic mass is 10.1. The van der Waals surface area contributed by atoms with Gasteiger partial charge in [-0.3, -0.25) is 9.59 Å². The van der Waals surface area contributed by atoms with Crippen molar-refractivity contribution in [2.24, 2.45) is 0 Å². The molecule has 0 unspecified atom stereocenters. The minimum Gasteiger partial charge on any atom is -0.354 e. The van der Waals surface area contributed by atoms with Crippen LogP contribution in [0.2, 0.25) is 0 Å². The summed E-state index contributed by atoms with van der Waals surface area (Å²) in [6, 6.07) is 9.61. The zero-order chi connectivity index (χ0) is 22.4. The van der Waals surface area contributed by atoms with E-state index in [9.17, 15) is 27.2 Å². The van der Waals surface area contributed by atoms with Gasteiger partial charge in [-0.2, -0.15) is 18.2 Å². The molecule has 0 aliphatic carbocycles. The van der Waals surface area contributed by atoms with Gasteiger partial charge >= 0.3 is 18.0 Å². The van der Waals surface area contributed by atoms with Crippen molar-refractivity contribution in [3.63, 3.8) is 0 Å². The lowest BCUT2D eigenvalue weighted by Gasteiger charge is -2.06. The smallest absolute Gasteiger partial charge is 0.354 e. The average Bonchev–Trinajstić information content (AvgIpc) is 3.23. The second-order valence-electron chi connectivity index (χ2n) is 6.41. The molecule has 3 rings (SSSR count). The van der Waals surface area contributed by atoms with E-state index < -0.39 is 23.5 Å². The number of amides is 2. The summed E-state index contributed by atoms with van der Waals surface area (Å²) in [6.07, 6.45) is -4.40. The van der Waals surface area contributed by atoms with Gasteiger partial charge in [0.05, 0.1) is 12.0 Å². The van der Waals surface area contributed by atoms with E-state index >= 15 is 0 Å². The van der Waals surface area contributed by atoms with Crippen LogP contribution in [-0.4, -0.2) is 35.0 Å². The third-order valence-corrected chi connectivity index (χ3v) is 4.10. The topological polar surface area (TPSA) is 97.1 Å². The van der Waals surface area contributed by atoms with Crippen LogP contribution >= 0.6 is 0 Å². The van der Waals surface area contributed by atoms with Gasteiger partial charge in [0.15, 0.2) is 0 Å². The summed E-state index contributed by atoms with van der Waals surface area (Å²) in [6.45, 7) is 0.206. The Bertz CT molecular complexity index is 1050. The fourth-order valence-corrected chi connectivity index (χ4v) is 2.54. The number of aromatic nitrogens is 2. The van der Waals surface area contributed by atoms with Crippen LogP contribution in [-0.2, 0) is 17.4 Å². The number of rotatable bonds is 7. The normalized spacial score (nSPS) is 11.2. The average molecular weight is 436 g/mol. The quantitative estimate of drug-likeness (QED) is 0.439. The second kappa shape index (κ2) is 9.37. The Morgan fingerprint density at radius 3 is 2.23 bits per heavy atom. The molecule has 0 bridgehead atoms. The van der Waals surface area contributed by atoms with Crippen LogP contribution in [0.5, 0.6) is 0 Å². The highest BCUT2D eigenvalue weighted by Gasteiger charge is 2.30. The van der Waals surface area contributed by atoms with E-state index in [1.165, 1.54) is 36.4 Å². The van der Waals surface area contributed by atoms with E-state index in [1.54, 1.807) is 0 Å². The molecular weight excluding hydrogens is 420 g/mol. The molecule has 3 aromatic rings. The molecule has 0 aliphatic heterocycles. The van der Waals surface area contributed by atoms with Gasteiger partial charge in [-0.25, -0.2) is 4.39 Å². The van der Waals surface area contributed by atoms with E-state index in [1.807, 2.05) is 0 Å². The van der Waals surface area contributed by atoms with Gasteiger partial charge in [0.1, 0.15) is 5.82 Å². The first kappa shape index (κ1) is 21.9. The molecule has 1 heterocycles. The number of nitrogens with zero attached hydrogens (tertiary/aromatic N) is 2. The molecule has 11 heteroatoms. The van der Waals surface area contributed by atoms with Crippen molar-refractivity contribution in [3.8, 4) is 11.4 Å². The number of benzene rings is 2. The van der Waals surface area contributed by atoms with Gasteiger partial charge < -0.3 is 15.2 Å². The third-order valence-electron chi connectivity index (χ3n) is 4.10. The summed E-state index contributed by atoms with van der Waals surface area (Å²) >= 11 is 0. The van der Waals surface area contributed by atoms with E-state index in [4.69, 9.17) is 4.52 Å². The Kier molecular flexibility index (Phi) is 6.63. The first-order chi connectivity index (χ1) is 14.7. The molecule has 162 valence electrons. The van der Waals surface area contributed by atoms with Crippen LogP contribution in [0, 0.1) is 5.82 Å². The Morgan fingerprint density at radius 1 is 0.935 bits per heavy atom. The van der Waals surface area contributed by atoms with Gasteiger partial charge in [-0.05, 0) is 29.8 Å². The number of hydrogen-bond donors (Lipinski definition) is 2. The first-order valence-electron chi connectivity index (χ1n) is 9.03. The van der Waals surface area contributed by atoms with Gasteiger partial charge in [-0.15, -0.1) is 0 Å². The predicted octanol–water partition coefficient (Wildman–Crippen LogP) is 2.98. The number of halogens is 4. The van der Waals surface area contributed by atoms with Crippen molar-refractivity contribution >= 4 is 11.8 Å². The van der Waals surface area contributed by atoms with Gasteiger partial charge in [-0.1, -0.05) is 29.4 Å². The molecule has 0 spiro atoms. The number of carbonyl (C=O) groups excluding carboxylic acids is 2. The summed E-state index contributed by atoms with van der Waals surface area (Å²) < 4.78 is 55.5. The largest absolute Gasteiger partial charge is 0.416 e. The molecule has 31 heavy (non-hydrogen) atoms. The molecule has 0 saturated heterocycles. The van der Waals surface area contributed by atoms with Crippen LogP contribution in [0.3, 0.4) is 0 Å². The Hall–Kier alpha value is -3.76. The number of nitrogens with one attached hydrogen (secondary N) is 2. The summed E-state index contributed by atoms with van der Waals surface area (Å²) in [7, 11) is 0. The fraction of sp³-hybridized carbons (Fsp3) is 0.200. The monoisotopic (exact) mass is 436 g/mol. The van der Waals surface area contributed by atoms with Crippen LogP contribution in [0.25, 0.3) is 11.4 Å². The fourth-order valence-electron chi connectivity index (χ4n) is 2.54. The standard InChI is InChI=1S/C20H16F4N4O3/c21-15-7-1-12(2-8-15)11-16(29)25-9-10-26-18(30)19-27-17(28-31-19)13-3-5-14(6-4-13)20(22,23)24/h1-8H,9-11H2,(H,25,29)(H,26,30). The van der Waals surface area contributed by atoms with Crippen molar-refractivity contribution in [2.75, 3.05) is 13.1 Å². The minimum absolute atomic E-state index is 0.0357. The van der Waals surface area contributed by atoms with Crippen molar-refractivity contribution < 1.29 is 31.7 Å². The van der Waals surface area contributed by atoms with Crippen LogP contribution < -0.4 is 10.6 Å². The molecule has 7 nitrogen and oxygen atoms in total. The zero-order valence-electron chi connectivity index (χ0n) is 15.9. The summed E-state index contributed by atoms with van der Waals surface area (Å²) in [5.74, 6) is -1.80. The van der Waals surface area contributed by atoms with Crippen LogP contribution in [0.4, 0.5) is 17.6 Å². The molecule has 2 N–H and O–H groups in total. The molecule has 0 saturated carbocycles. The lowest BCUT2D eigenvalue weighted by molar-refractivity contribution is -0.137. The number of hydrogen-bond acceptors (Lipinski definition) is 5. The van der Waals surface area contributed by atoms with Crippen molar-refractivity contribution in [2.45, 2.75) is 12.6 Å². The van der Waals surface area contributed by atoms with Gasteiger partial charge in [0.25, 0.3) is 0 Å². The van der Waals surface area contributed by atoms with E-state index in [-0.39, 0.29) is 42.7 Å². The number of alkyl halides is 3. The van der Waals surface area contributed by atoms with Gasteiger partial charge in [0, 0.05) is 18.7 Å². The van der Waals surface area contributed by atoms with Crippen LogP contribution in [0.1, 0.15) is 21.8 Å².